The number of aldehydes is 1. The molecule has 25 heteroatoms. The van der Waals surface area contributed by atoms with E-state index in [4.69, 9.17) is 25.7 Å². The number of fused-ring (bicyclic) bond motifs is 3. The minimum atomic E-state index is -0.630. The van der Waals surface area contributed by atoms with Crippen LogP contribution in [0, 0.1) is 0 Å². The van der Waals surface area contributed by atoms with Gasteiger partial charge in [0.05, 0.1) is 53.4 Å². The van der Waals surface area contributed by atoms with Crippen LogP contribution in [0.5, 0.6) is 0 Å². The minimum absolute atomic E-state index is 0.00218. The molecule has 0 saturated heterocycles. The zero-order chi connectivity index (χ0) is 64.5. The first-order valence-electron chi connectivity index (χ1n) is 27.2. The first-order chi connectivity index (χ1) is 41.4. The molecule has 0 spiro atoms. The average Bonchev–Trinajstić information content (AvgIpc) is 2.15. The van der Waals surface area contributed by atoms with Crippen LogP contribution in [-0.4, -0.2) is 107 Å². The first kappa shape index (κ1) is 70.4. The molecule has 0 radical (unpaired) electrons. The summed E-state index contributed by atoms with van der Waals surface area (Å²) < 4.78 is 23.9. The van der Waals surface area contributed by atoms with E-state index >= 15 is 0 Å². The number of ether oxygens (including phenoxy) is 5. The Balaban J connectivity index is 0.000000277. The molecule has 7 aromatic heterocycles. The average molecular weight is 1200 g/mol. The quantitative estimate of drug-likeness (QED) is 0.0220. The van der Waals surface area contributed by atoms with Gasteiger partial charge in [-0.25, -0.2) is 39.3 Å². The zero-order valence-corrected chi connectivity index (χ0v) is 50.4. The molecule has 2 aromatic carbocycles. The molecular weight excluding hydrogens is 1120 g/mol. The lowest BCUT2D eigenvalue weighted by molar-refractivity contribution is -0.153. The molecule has 0 saturated carbocycles. The lowest BCUT2D eigenvalue weighted by atomic mass is 10.2. The van der Waals surface area contributed by atoms with E-state index in [2.05, 4.69) is 60.0 Å². The van der Waals surface area contributed by atoms with Crippen molar-refractivity contribution in [1.82, 2.24) is 39.9 Å². The number of aromatic nitrogens is 8. The molecule has 0 fully saturated rings. The van der Waals surface area contributed by atoms with Crippen molar-refractivity contribution in [3.05, 3.63) is 172 Å². The number of nitrogen functional groups attached to an aromatic ring is 2. The van der Waals surface area contributed by atoms with Gasteiger partial charge < -0.3 is 50.1 Å². The molecule has 2 amide bonds. The molecule has 7 heterocycles. The van der Waals surface area contributed by atoms with Crippen molar-refractivity contribution in [3.8, 4) is 11.4 Å². The zero-order valence-electron chi connectivity index (χ0n) is 50.4. The Hall–Kier alpha value is -10.9. The SMILES string of the molecule is CC.CC(C)(C)OC(=O)Nc1ccccn1.CC(C)(C)OC(=O)Nc1ncccc1C=O.CCOC(=O)CC(=O)OCC.CCOC(=O)c1cc2cccnc2[nH]c1=O.Nc1ccccc1N.O=c1[nH]c2ncccc2cc1-c1nc2ccccc2[nH]1. The number of para-hydroxylation sites is 4. The number of nitrogens with zero attached hydrogens (tertiary/aromatic N) is 5. The molecule has 0 bridgehead atoms. The third kappa shape index (κ3) is 25.7. The highest BCUT2D eigenvalue weighted by molar-refractivity contribution is 5.93. The Morgan fingerprint density at radius 1 is 0.563 bits per heavy atom. The van der Waals surface area contributed by atoms with Crippen LogP contribution in [0.15, 0.2) is 150 Å². The standard InChI is InChI=1S/C15H10N4O.C11H10N2O3.C11H14N2O3.C10H14N2O2.C7H12O4.C6H8N2.C2H6/c20-15-10(8-9-4-3-7-16-13(9)19-15)14-17-11-5-1-2-6-12(11)18-14;1-2-16-11(15)8-6-7-4-3-5-12-9(7)13-10(8)14;1-11(2,3)16-10(15)13-9-8(7-14)5-4-6-12-9;1-10(2,3)14-9(13)12-8-6-4-5-7-11-8;1-3-10-6(8)5-7(9)11-4-2;7-5-3-1-2-4-6(5)8;1-2/h1-8H,(H,17,18)(H,16,19,20);3-6H,2H2,1H3,(H,12,13,14);4-7H,1-3H3,(H,12,13,15);4-7H,1-3H3,(H,11,12,13);3-5H2,1-2H3;1-4H,7-8H2;1-2H3. The maximum absolute atomic E-state index is 12.2. The van der Waals surface area contributed by atoms with E-state index < -0.39 is 46.9 Å². The molecular formula is C62H74N12O13. The van der Waals surface area contributed by atoms with Gasteiger partial charge in [-0.15, -0.1) is 0 Å². The van der Waals surface area contributed by atoms with Gasteiger partial charge in [-0.05, 0) is 147 Å². The molecule has 460 valence electrons. The molecule has 0 aliphatic carbocycles. The third-order valence-corrected chi connectivity index (χ3v) is 10.1. The highest BCUT2D eigenvalue weighted by atomic mass is 16.6. The van der Waals surface area contributed by atoms with Gasteiger partial charge in [0.1, 0.15) is 51.9 Å². The number of anilines is 4. The van der Waals surface area contributed by atoms with Crippen molar-refractivity contribution in [2.75, 3.05) is 41.9 Å². The highest BCUT2D eigenvalue weighted by Crippen LogP contribution is 2.20. The topological polar surface area (TPSA) is 371 Å². The smallest absolute Gasteiger partial charge is 0.413 e. The number of esters is 3. The number of hydrogen-bond acceptors (Lipinski definition) is 20. The third-order valence-electron chi connectivity index (χ3n) is 10.1. The van der Waals surface area contributed by atoms with Crippen LogP contribution >= 0.6 is 0 Å². The second-order valence-corrected chi connectivity index (χ2v) is 19.2. The summed E-state index contributed by atoms with van der Waals surface area (Å²) in [6, 6.07) is 33.9. The second-order valence-electron chi connectivity index (χ2n) is 19.2. The summed E-state index contributed by atoms with van der Waals surface area (Å²) in [6.45, 7) is 20.6. The van der Waals surface area contributed by atoms with Gasteiger partial charge in [0.2, 0.25) is 0 Å². The second kappa shape index (κ2) is 36.0. The number of benzene rings is 2. The number of nitrogens with one attached hydrogen (secondary N) is 5. The van der Waals surface area contributed by atoms with Crippen molar-refractivity contribution in [2.24, 2.45) is 0 Å². The molecule has 9 aromatic rings. The van der Waals surface area contributed by atoms with Crippen molar-refractivity contribution >= 4 is 92.5 Å². The number of carbonyl (C=O) groups excluding carboxylic acids is 6. The Labute approximate surface area is 502 Å². The van der Waals surface area contributed by atoms with Gasteiger partial charge >= 0.3 is 30.1 Å². The number of amides is 2. The van der Waals surface area contributed by atoms with Crippen LogP contribution in [0.4, 0.5) is 32.6 Å². The van der Waals surface area contributed by atoms with Crippen LogP contribution in [-0.2, 0) is 33.3 Å². The van der Waals surface area contributed by atoms with E-state index in [0.29, 0.717) is 57.1 Å². The summed E-state index contributed by atoms with van der Waals surface area (Å²) in [5.74, 6) is -0.432. The molecule has 9 N–H and O–H groups in total. The molecule has 0 atom stereocenters. The summed E-state index contributed by atoms with van der Waals surface area (Å²) in [4.78, 5) is 119. The predicted octanol–water partition coefficient (Wildman–Crippen LogP) is 10.6. The van der Waals surface area contributed by atoms with Crippen molar-refractivity contribution in [3.63, 3.8) is 0 Å². The fraction of sp³-hybridized carbons (Fsp3) is 0.274. The maximum Gasteiger partial charge on any atom is 0.413 e. The summed E-state index contributed by atoms with van der Waals surface area (Å²) >= 11 is 0. The van der Waals surface area contributed by atoms with Crippen LogP contribution in [0.1, 0.15) is 103 Å². The minimum Gasteiger partial charge on any atom is -0.466 e. The van der Waals surface area contributed by atoms with Gasteiger partial charge in [-0.1, -0.05) is 44.2 Å². The van der Waals surface area contributed by atoms with E-state index in [0.717, 1.165) is 16.4 Å². The van der Waals surface area contributed by atoms with E-state index in [-0.39, 0.29) is 43.2 Å². The lowest BCUT2D eigenvalue weighted by Gasteiger charge is -2.19. The first-order valence-corrected chi connectivity index (χ1v) is 27.2. The van der Waals surface area contributed by atoms with Crippen molar-refractivity contribution in [2.45, 2.75) is 93.8 Å². The normalized spacial score (nSPS) is 10.2. The fourth-order valence-electron chi connectivity index (χ4n) is 6.60. The van der Waals surface area contributed by atoms with Crippen molar-refractivity contribution in [1.29, 1.82) is 0 Å². The number of hydrogen-bond donors (Lipinski definition) is 7. The number of carbonyl (C=O) groups is 6. The van der Waals surface area contributed by atoms with Gasteiger partial charge in [0.25, 0.3) is 11.1 Å². The van der Waals surface area contributed by atoms with E-state index in [1.807, 2.05) is 83.1 Å². The van der Waals surface area contributed by atoms with Gasteiger partial charge in [0, 0.05) is 35.6 Å². The molecule has 9 rings (SSSR count). The molecule has 87 heavy (non-hydrogen) atoms. The molecule has 0 aliphatic heterocycles. The largest absolute Gasteiger partial charge is 0.466 e. The Morgan fingerprint density at radius 2 is 1.06 bits per heavy atom. The number of aromatic amines is 3. The summed E-state index contributed by atoms with van der Waals surface area (Å²) in [6.07, 6.45) is 5.53. The lowest BCUT2D eigenvalue weighted by Crippen LogP contribution is -2.27. The Bertz CT molecular complexity index is 3710. The number of imidazole rings is 1. The number of nitrogens with two attached hydrogens (primary N) is 2. The summed E-state index contributed by atoms with van der Waals surface area (Å²) in [5, 5.41) is 6.52. The Morgan fingerprint density at radius 3 is 1.57 bits per heavy atom. The van der Waals surface area contributed by atoms with Crippen LogP contribution < -0.4 is 33.2 Å². The van der Waals surface area contributed by atoms with Gasteiger partial charge in [-0.2, -0.15) is 0 Å². The van der Waals surface area contributed by atoms with E-state index in [9.17, 15) is 38.4 Å². The number of H-pyrrole nitrogens is 3. The van der Waals surface area contributed by atoms with E-state index in [1.165, 1.54) is 12.3 Å². The maximum atomic E-state index is 12.2. The number of pyridine rings is 6. The monoisotopic (exact) mass is 1190 g/mol. The number of rotatable bonds is 10. The van der Waals surface area contributed by atoms with Crippen LogP contribution in [0.25, 0.3) is 44.5 Å². The van der Waals surface area contributed by atoms with Crippen LogP contribution in [0.3, 0.4) is 0 Å². The molecule has 25 nitrogen and oxygen atoms in total. The highest BCUT2D eigenvalue weighted by Gasteiger charge is 2.19. The van der Waals surface area contributed by atoms with E-state index in [1.54, 1.807) is 121 Å². The fourth-order valence-corrected chi connectivity index (χ4v) is 6.60. The summed E-state index contributed by atoms with van der Waals surface area (Å²) in [5.41, 5.74) is 14.0. The van der Waals surface area contributed by atoms with Crippen molar-refractivity contribution < 1.29 is 52.5 Å². The molecule has 0 unspecified atom stereocenters. The molecule has 0 aliphatic rings. The predicted molar refractivity (Wildman–Crippen MR) is 334 cm³/mol. The summed E-state index contributed by atoms with van der Waals surface area (Å²) in [7, 11) is 0. The van der Waals surface area contributed by atoms with Gasteiger partial charge in [-0.3, -0.25) is 34.6 Å². The Kier molecular flexibility index (Phi) is 29.1. The van der Waals surface area contributed by atoms with Crippen LogP contribution in [0.2, 0.25) is 0 Å². The van der Waals surface area contributed by atoms with Gasteiger partial charge in [0.15, 0.2) is 6.29 Å².